The number of nitrogens with one attached hydrogen (secondary N) is 1. The molecule has 2 aromatic rings. The minimum Gasteiger partial charge on any atom is -0.397 e. The number of nitrogens with zero attached hydrogens (tertiary/aromatic N) is 3. The van der Waals surface area contributed by atoms with Crippen molar-refractivity contribution in [1.82, 2.24) is 14.7 Å². The number of anilines is 2. The molecule has 8 nitrogen and oxygen atoms in total. The summed E-state index contributed by atoms with van der Waals surface area (Å²) in [6.07, 6.45) is 4.88. The molecular formula is C36H45ClF3N5O3. The number of para-hydroxylation sites is 1. The molecule has 3 heterocycles. The fraction of sp³-hybridized carbons (Fsp3) is 0.583. The van der Waals surface area contributed by atoms with Gasteiger partial charge < -0.3 is 25.8 Å². The second-order valence-corrected chi connectivity index (χ2v) is 14.6. The normalized spacial score (nSPS) is 21.0. The van der Waals surface area contributed by atoms with Crippen LogP contribution in [-0.2, 0) is 28.6 Å². The predicted octanol–water partition coefficient (Wildman–Crippen LogP) is 7.14. The van der Waals surface area contributed by atoms with Crippen LogP contribution in [0.25, 0.3) is 0 Å². The van der Waals surface area contributed by atoms with E-state index in [1.54, 1.807) is 4.90 Å². The summed E-state index contributed by atoms with van der Waals surface area (Å²) in [4.78, 5) is 46.3. The number of halogens is 4. The molecule has 4 aliphatic rings. The highest BCUT2D eigenvalue weighted by molar-refractivity contribution is 6.33. The van der Waals surface area contributed by atoms with Crippen LogP contribution in [0.15, 0.2) is 36.4 Å². The van der Waals surface area contributed by atoms with Gasteiger partial charge in [0.05, 0.1) is 22.2 Å². The lowest BCUT2D eigenvalue weighted by molar-refractivity contribution is -0.143. The minimum atomic E-state index is -4.71. The van der Waals surface area contributed by atoms with E-state index in [0.717, 1.165) is 36.6 Å². The molecule has 3 N–H and O–H groups in total. The van der Waals surface area contributed by atoms with Gasteiger partial charge in [0.1, 0.15) is 0 Å². The lowest BCUT2D eigenvalue weighted by Gasteiger charge is -2.45. The van der Waals surface area contributed by atoms with E-state index in [4.69, 9.17) is 17.3 Å². The average molecular weight is 688 g/mol. The number of hydrogen-bond donors (Lipinski definition) is 2. The van der Waals surface area contributed by atoms with Gasteiger partial charge in [0.15, 0.2) is 0 Å². The summed E-state index contributed by atoms with van der Waals surface area (Å²) in [6, 6.07) is 9.92. The Kier molecular flexibility index (Phi) is 10.2. The predicted molar refractivity (Wildman–Crippen MR) is 179 cm³/mol. The van der Waals surface area contributed by atoms with Gasteiger partial charge in [0.25, 0.3) is 0 Å². The molecule has 260 valence electrons. The average Bonchev–Trinajstić information content (AvgIpc) is 3.24. The maximum Gasteiger partial charge on any atom is 0.418 e. The number of urea groups is 1. The van der Waals surface area contributed by atoms with E-state index in [0.29, 0.717) is 45.6 Å². The number of likely N-dealkylation sites (tertiary alicyclic amines) is 2. The highest BCUT2D eigenvalue weighted by atomic mass is 35.5. The third-order valence-corrected chi connectivity index (χ3v) is 11.5. The first-order valence-corrected chi connectivity index (χ1v) is 17.7. The summed E-state index contributed by atoms with van der Waals surface area (Å²) in [6.45, 7) is 2.62. The Morgan fingerprint density at radius 1 is 0.958 bits per heavy atom. The number of nitrogens with two attached hydrogens (primary N) is 1. The van der Waals surface area contributed by atoms with Gasteiger partial charge in [-0.1, -0.05) is 49.1 Å². The molecule has 1 atom stereocenters. The van der Waals surface area contributed by atoms with E-state index >= 15 is 0 Å². The van der Waals surface area contributed by atoms with Crippen molar-refractivity contribution in [2.75, 3.05) is 43.8 Å². The van der Waals surface area contributed by atoms with Crippen molar-refractivity contribution in [2.24, 2.45) is 11.3 Å². The Bertz CT molecular complexity index is 1510. The Balaban J connectivity index is 1.13. The fourth-order valence-corrected chi connectivity index (χ4v) is 8.57. The van der Waals surface area contributed by atoms with Crippen LogP contribution in [0, 0.1) is 11.3 Å². The first-order valence-electron chi connectivity index (χ1n) is 17.3. The first-order chi connectivity index (χ1) is 22.9. The maximum atomic E-state index is 14.1. The van der Waals surface area contributed by atoms with Crippen LogP contribution in [0.2, 0.25) is 5.02 Å². The van der Waals surface area contributed by atoms with Gasteiger partial charge in [-0.15, -0.1) is 0 Å². The van der Waals surface area contributed by atoms with Crippen LogP contribution < -0.4 is 11.1 Å². The van der Waals surface area contributed by atoms with E-state index in [1.165, 1.54) is 38.2 Å². The molecule has 4 amide bonds. The molecule has 1 spiro atoms. The lowest BCUT2D eigenvalue weighted by atomic mass is 9.68. The molecule has 48 heavy (non-hydrogen) atoms. The molecule has 6 rings (SSSR count). The van der Waals surface area contributed by atoms with Crippen LogP contribution in [0.3, 0.4) is 0 Å². The number of amides is 4. The SMILES string of the molecule is Nc1c(Cl)cc(C[C@@H](CC(=O)N2CCC(N3CCc4ccccc4NC3=O)CC2)C(=O)N2CCC3(CCCCC3)CC2)cc1C(F)(F)F. The molecule has 12 heteroatoms. The number of rotatable bonds is 6. The highest BCUT2D eigenvalue weighted by Crippen LogP contribution is 2.45. The number of hydrogen-bond acceptors (Lipinski definition) is 4. The summed E-state index contributed by atoms with van der Waals surface area (Å²) >= 11 is 6.14. The van der Waals surface area contributed by atoms with E-state index < -0.39 is 23.3 Å². The second kappa shape index (κ2) is 14.2. The van der Waals surface area contributed by atoms with Crippen molar-refractivity contribution in [3.05, 3.63) is 58.1 Å². The van der Waals surface area contributed by atoms with Crippen LogP contribution in [0.1, 0.15) is 80.9 Å². The minimum absolute atomic E-state index is 0.0287. The molecule has 1 aliphatic carbocycles. The Morgan fingerprint density at radius 2 is 1.65 bits per heavy atom. The molecule has 3 fully saturated rings. The molecule has 0 aromatic heterocycles. The van der Waals surface area contributed by atoms with Crippen LogP contribution in [0.4, 0.5) is 29.3 Å². The first kappa shape index (κ1) is 34.4. The van der Waals surface area contributed by atoms with Gasteiger partial charge in [-0.05, 0) is 86.1 Å². The van der Waals surface area contributed by atoms with Crippen molar-refractivity contribution in [3.63, 3.8) is 0 Å². The second-order valence-electron chi connectivity index (χ2n) is 14.2. The number of carbonyl (C=O) groups is 3. The highest BCUT2D eigenvalue weighted by Gasteiger charge is 2.40. The molecule has 0 radical (unpaired) electrons. The Hall–Kier alpha value is -3.47. The third kappa shape index (κ3) is 7.56. The molecule has 2 aromatic carbocycles. The van der Waals surface area contributed by atoms with Crippen molar-refractivity contribution in [2.45, 2.75) is 89.3 Å². The third-order valence-electron chi connectivity index (χ3n) is 11.2. The number of alkyl halides is 3. The summed E-state index contributed by atoms with van der Waals surface area (Å²) in [7, 11) is 0. The van der Waals surface area contributed by atoms with Gasteiger partial charge in [0, 0.05) is 50.9 Å². The molecule has 3 aliphatic heterocycles. The molecule has 0 bridgehead atoms. The lowest BCUT2D eigenvalue weighted by Crippen LogP contribution is -2.51. The number of piperidine rings is 2. The van der Waals surface area contributed by atoms with Crippen LogP contribution in [-0.4, -0.2) is 71.3 Å². The van der Waals surface area contributed by atoms with Gasteiger partial charge in [-0.3, -0.25) is 9.59 Å². The zero-order valence-corrected chi connectivity index (χ0v) is 28.1. The maximum absolute atomic E-state index is 14.1. The zero-order chi connectivity index (χ0) is 34.1. The zero-order valence-electron chi connectivity index (χ0n) is 27.3. The molecule has 1 saturated carbocycles. The molecule has 2 saturated heterocycles. The van der Waals surface area contributed by atoms with Gasteiger partial charge in [0.2, 0.25) is 11.8 Å². The Labute approximate surface area is 285 Å². The number of fused-ring (bicyclic) bond motifs is 1. The van der Waals surface area contributed by atoms with Crippen molar-refractivity contribution < 1.29 is 27.6 Å². The standard InChI is InChI=1S/C36H45ClF3N5O3/c37-29-22-24(21-28(32(29)41)36(38,39)40)20-26(33(47)44-18-13-35(14-19-44)11-4-1-5-12-35)23-31(46)43-15-9-27(10-16-43)45-17-8-25-6-2-3-7-30(25)42-34(45)48/h2-3,6-7,21-22,26-27H,1,4-5,8-20,23,41H2,(H,42,48)/t26-/m0/s1. The summed E-state index contributed by atoms with van der Waals surface area (Å²) in [5.41, 5.74) is 6.49. The largest absolute Gasteiger partial charge is 0.418 e. The van der Waals surface area contributed by atoms with Crippen LogP contribution in [0.5, 0.6) is 0 Å². The smallest absolute Gasteiger partial charge is 0.397 e. The summed E-state index contributed by atoms with van der Waals surface area (Å²) in [5.74, 6) is -1.25. The summed E-state index contributed by atoms with van der Waals surface area (Å²) < 4.78 is 41.4. The summed E-state index contributed by atoms with van der Waals surface area (Å²) in [5, 5.41) is 2.79. The van der Waals surface area contributed by atoms with Crippen molar-refractivity contribution in [3.8, 4) is 0 Å². The van der Waals surface area contributed by atoms with Gasteiger partial charge in [-0.25, -0.2) is 4.79 Å². The van der Waals surface area contributed by atoms with Crippen molar-refractivity contribution in [1.29, 1.82) is 0 Å². The topological polar surface area (TPSA) is 99.0 Å². The van der Waals surface area contributed by atoms with Gasteiger partial charge in [-0.2, -0.15) is 13.2 Å². The number of carbonyl (C=O) groups excluding carboxylic acids is 3. The monoisotopic (exact) mass is 687 g/mol. The quantitative estimate of drug-likeness (QED) is 0.316. The van der Waals surface area contributed by atoms with E-state index in [9.17, 15) is 27.6 Å². The molecular weight excluding hydrogens is 643 g/mol. The van der Waals surface area contributed by atoms with E-state index in [-0.39, 0.29) is 52.7 Å². The van der Waals surface area contributed by atoms with E-state index in [1.807, 2.05) is 34.1 Å². The van der Waals surface area contributed by atoms with Crippen molar-refractivity contribution >= 4 is 40.8 Å². The molecule has 0 unspecified atom stereocenters. The van der Waals surface area contributed by atoms with Crippen LogP contribution >= 0.6 is 11.6 Å². The van der Waals surface area contributed by atoms with Gasteiger partial charge >= 0.3 is 12.2 Å². The number of nitrogen functional groups attached to an aromatic ring is 1. The van der Waals surface area contributed by atoms with E-state index in [2.05, 4.69) is 5.32 Å². The Morgan fingerprint density at radius 3 is 2.33 bits per heavy atom. The number of benzene rings is 2. The fourth-order valence-electron chi connectivity index (χ4n) is 8.32.